The van der Waals surface area contributed by atoms with Crippen LogP contribution in [0.4, 0.5) is 10.2 Å². The molecule has 0 aliphatic carbocycles. The van der Waals surface area contributed by atoms with E-state index in [0.717, 1.165) is 18.4 Å². The van der Waals surface area contributed by atoms with Gasteiger partial charge in [0, 0.05) is 47.7 Å². The van der Waals surface area contributed by atoms with E-state index >= 15 is 0 Å². The molecular formula is C23H19Cl3FN5O. The number of rotatable bonds is 5. The molecule has 2 atom stereocenters. The molecule has 10 heteroatoms. The fourth-order valence-electron chi connectivity index (χ4n) is 3.99. The van der Waals surface area contributed by atoms with E-state index in [4.69, 9.17) is 39.5 Å². The summed E-state index contributed by atoms with van der Waals surface area (Å²) in [4.78, 5) is 10.3. The van der Waals surface area contributed by atoms with Crippen molar-refractivity contribution in [1.82, 2.24) is 20.2 Å². The monoisotopic (exact) mass is 505 g/mol. The van der Waals surface area contributed by atoms with Gasteiger partial charge in [0.05, 0.1) is 20.6 Å². The highest BCUT2D eigenvalue weighted by molar-refractivity contribution is 6.36. The molecule has 0 saturated carbocycles. The summed E-state index contributed by atoms with van der Waals surface area (Å²) in [5.41, 5.74) is 2.40. The summed E-state index contributed by atoms with van der Waals surface area (Å²) in [6.45, 7) is 4.68. The number of benzene rings is 1. The van der Waals surface area contributed by atoms with E-state index in [-0.39, 0.29) is 11.9 Å². The lowest BCUT2D eigenvalue weighted by Crippen LogP contribution is -2.46. The minimum atomic E-state index is -0.491. The molecule has 33 heavy (non-hydrogen) atoms. The topological polar surface area (TPSA) is 66.9 Å². The Morgan fingerprint density at radius 2 is 1.88 bits per heavy atom. The van der Waals surface area contributed by atoms with Crippen molar-refractivity contribution in [3.8, 4) is 17.0 Å². The molecule has 1 fully saturated rings. The molecule has 0 radical (unpaired) electrons. The van der Waals surface area contributed by atoms with Crippen LogP contribution in [-0.2, 0) is 0 Å². The Morgan fingerprint density at radius 3 is 2.52 bits per heavy atom. The third kappa shape index (κ3) is 3.98. The van der Waals surface area contributed by atoms with Gasteiger partial charge in [0.25, 0.3) is 0 Å². The highest BCUT2D eigenvalue weighted by atomic mass is 35.5. The Kier molecular flexibility index (Phi) is 5.80. The standard InChI is InChI=1S/C23H19Cl3FN5O/c1-11-3-4-32(11)23-18(27)5-13(8-29-23)22-14-6-20(15(24)7-19(14)30-31-22)33-12(2)21-16(25)9-28-10-17(21)26/h5-12H,3-4H2,1-2H3,(H,30,31)/t11-,12+/m0/s1. The van der Waals surface area contributed by atoms with Gasteiger partial charge in [0.2, 0.25) is 0 Å². The van der Waals surface area contributed by atoms with Gasteiger partial charge in [0.15, 0.2) is 11.6 Å². The fourth-order valence-corrected chi connectivity index (χ4v) is 4.87. The molecule has 170 valence electrons. The van der Waals surface area contributed by atoms with Gasteiger partial charge in [-0.15, -0.1) is 0 Å². The number of aromatic nitrogens is 4. The van der Waals surface area contributed by atoms with Gasteiger partial charge in [-0.3, -0.25) is 10.1 Å². The molecule has 3 aromatic heterocycles. The zero-order valence-electron chi connectivity index (χ0n) is 17.7. The van der Waals surface area contributed by atoms with E-state index < -0.39 is 6.10 Å². The van der Waals surface area contributed by atoms with E-state index in [9.17, 15) is 4.39 Å². The van der Waals surface area contributed by atoms with Crippen LogP contribution in [0, 0.1) is 5.82 Å². The van der Waals surface area contributed by atoms with E-state index in [1.54, 1.807) is 18.3 Å². The van der Waals surface area contributed by atoms with Gasteiger partial charge < -0.3 is 9.64 Å². The molecule has 0 amide bonds. The predicted octanol–water partition coefficient (Wildman–Crippen LogP) is 6.86. The summed E-state index contributed by atoms with van der Waals surface area (Å²) >= 11 is 19.0. The Balaban J connectivity index is 1.50. The Hall–Kier alpha value is -2.61. The van der Waals surface area contributed by atoms with E-state index in [1.165, 1.54) is 18.5 Å². The number of aromatic amines is 1. The van der Waals surface area contributed by atoms with Crippen molar-refractivity contribution >= 4 is 51.5 Å². The lowest BCUT2D eigenvalue weighted by Gasteiger charge is -2.39. The van der Waals surface area contributed by atoms with Crippen molar-refractivity contribution in [3.63, 3.8) is 0 Å². The molecular weight excluding hydrogens is 488 g/mol. The van der Waals surface area contributed by atoms with Crippen LogP contribution in [0.3, 0.4) is 0 Å². The first kappa shape index (κ1) is 22.2. The van der Waals surface area contributed by atoms with Crippen LogP contribution < -0.4 is 9.64 Å². The first-order valence-corrected chi connectivity index (χ1v) is 11.5. The first-order chi connectivity index (χ1) is 15.8. The number of ether oxygens (including phenoxy) is 1. The summed E-state index contributed by atoms with van der Waals surface area (Å²) in [6, 6.07) is 5.22. The maximum Gasteiger partial charge on any atom is 0.166 e. The lowest BCUT2D eigenvalue weighted by molar-refractivity contribution is 0.227. The summed E-state index contributed by atoms with van der Waals surface area (Å²) < 4.78 is 21.0. The third-order valence-electron chi connectivity index (χ3n) is 5.90. The number of nitrogens with zero attached hydrogens (tertiary/aromatic N) is 4. The number of H-pyrrole nitrogens is 1. The maximum absolute atomic E-state index is 14.8. The van der Waals surface area contributed by atoms with Crippen LogP contribution in [0.2, 0.25) is 15.1 Å². The second kappa shape index (κ2) is 8.63. The van der Waals surface area contributed by atoms with Gasteiger partial charge in [-0.05, 0) is 38.5 Å². The van der Waals surface area contributed by atoms with Gasteiger partial charge in [-0.25, -0.2) is 9.37 Å². The number of fused-ring (bicyclic) bond motifs is 1. The summed E-state index contributed by atoms with van der Waals surface area (Å²) in [6.07, 6.45) is 5.19. The van der Waals surface area contributed by atoms with E-state index in [2.05, 4.69) is 27.1 Å². The smallest absolute Gasteiger partial charge is 0.166 e. The van der Waals surface area contributed by atoms with Crippen LogP contribution in [0.5, 0.6) is 5.75 Å². The molecule has 1 aromatic carbocycles. The predicted molar refractivity (Wildman–Crippen MR) is 129 cm³/mol. The molecule has 0 spiro atoms. The maximum atomic E-state index is 14.8. The van der Waals surface area contributed by atoms with Crippen LogP contribution >= 0.6 is 34.8 Å². The zero-order chi connectivity index (χ0) is 23.3. The zero-order valence-corrected chi connectivity index (χ0v) is 20.0. The van der Waals surface area contributed by atoms with E-state index in [1.807, 2.05) is 11.8 Å². The number of anilines is 1. The highest BCUT2D eigenvalue weighted by Crippen LogP contribution is 2.39. The van der Waals surface area contributed by atoms with Gasteiger partial charge >= 0.3 is 0 Å². The van der Waals surface area contributed by atoms with E-state index in [0.29, 0.717) is 49.0 Å². The van der Waals surface area contributed by atoms with Crippen molar-refractivity contribution in [2.24, 2.45) is 0 Å². The largest absolute Gasteiger partial charge is 0.484 e. The van der Waals surface area contributed by atoms with Crippen molar-refractivity contribution in [1.29, 1.82) is 0 Å². The van der Waals surface area contributed by atoms with Crippen LogP contribution in [0.15, 0.2) is 36.8 Å². The molecule has 0 bridgehead atoms. The molecule has 0 unspecified atom stereocenters. The van der Waals surface area contributed by atoms with Gasteiger partial charge in [-0.1, -0.05) is 34.8 Å². The Bertz CT molecular complexity index is 1340. The molecule has 4 heterocycles. The Labute approximate surface area is 204 Å². The summed E-state index contributed by atoms with van der Waals surface area (Å²) in [7, 11) is 0. The van der Waals surface area contributed by atoms with Crippen LogP contribution in [-0.4, -0.2) is 32.8 Å². The Morgan fingerprint density at radius 1 is 1.12 bits per heavy atom. The number of hydrogen-bond donors (Lipinski definition) is 1. The fraction of sp³-hybridized carbons (Fsp3) is 0.261. The SMILES string of the molecule is C[C@@H](Oc1cc2c(-c3cnc(N4CC[C@@H]4C)c(F)c3)n[nH]c2cc1Cl)c1c(Cl)cncc1Cl. The summed E-state index contributed by atoms with van der Waals surface area (Å²) in [5, 5.41) is 9.21. The minimum Gasteiger partial charge on any atom is -0.484 e. The summed E-state index contributed by atoms with van der Waals surface area (Å²) in [5.74, 6) is 0.406. The van der Waals surface area contributed by atoms with Crippen molar-refractivity contribution in [2.75, 3.05) is 11.4 Å². The molecule has 1 saturated heterocycles. The van der Waals surface area contributed by atoms with Crippen molar-refractivity contribution < 1.29 is 9.13 Å². The minimum absolute atomic E-state index is 0.287. The molecule has 1 N–H and O–H groups in total. The average molecular weight is 507 g/mol. The molecule has 1 aliphatic rings. The quantitative estimate of drug-likeness (QED) is 0.320. The molecule has 1 aliphatic heterocycles. The normalized spacial score (nSPS) is 16.7. The number of halogens is 4. The van der Waals surface area contributed by atoms with Gasteiger partial charge in [-0.2, -0.15) is 5.10 Å². The molecule has 4 aromatic rings. The highest BCUT2D eigenvalue weighted by Gasteiger charge is 2.27. The first-order valence-electron chi connectivity index (χ1n) is 10.4. The number of nitrogens with one attached hydrogen (secondary N) is 1. The van der Waals surface area contributed by atoms with Crippen LogP contribution in [0.1, 0.15) is 31.9 Å². The van der Waals surface area contributed by atoms with Crippen molar-refractivity contribution in [2.45, 2.75) is 32.4 Å². The number of hydrogen-bond acceptors (Lipinski definition) is 5. The number of pyridine rings is 2. The average Bonchev–Trinajstić information content (AvgIpc) is 3.16. The third-order valence-corrected chi connectivity index (χ3v) is 6.80. The second-order valence-corrected chi connectivity index (χ2v) is 9.26. The van der Waals surface area contributed by atoms with Gasteiger partial charge in [0.1, 0.15) is 17.5 Å². The van der Waals surface area contributed by atoms with Crippen LogP contribution in [0.25, 0.3) is 22.2 Å². The lowest BCUT2D eigenvalue weighted by atomic mass is 10.0. The second-order valence-electron chi connectivity index (χ2n) is 8.04. The van der Waals surface area contributed by atoms with Crippen molar-refractivity contribution in [3.05, 3.63) is 63.2 Å². The molecule has 5 rings (SSSR count). The molecule has 6 nitrogen and oxygen atoms in total.